The molecule has 0 amide bonds. The van der Waals surface area contributed by atoms with Gasteiger partial charge < -0.3 is 14.2 Å². The molecule has 1 saturated heterocycles. The number of morpholine rings is 1. The Morgan fingerprint density at radius 3 is 2.77 bits per heavy atom. The van der Waals surface area contributed by atoms with Crippen LogP contribution in [0.3, 0.4) is 0 Å². The standard InChI is InChI=1S/C24H27N3O3/c1-17-7-8-19(21(13-17)29-3)15-27-11-12-30-22(16-27)24-23(25-9-10-26-24)18-5-4-6-20(14-18)28-2/h4-10,13-14,22H,11-12,15-16H2,1-3H3/t22-/m1/s1. The third kappa shape index (κ3) is 4.45. The van der Waals surface area contributed by atoms with Crippen molar-refractivity contribution in [2.75, 3.05) is 33.9 Å². The Hall–Kier alpha value is -2.96. The number of rotatable bonds is 6. The van der Waals surface area contributed by atoms with Crippen LogP contribution in [0, 0.1) is 6.92 Å². The molecule has 0 saturated carbocycles. The molecule has 2 heterocycles. The minimum absolute atomic E-state index is 0.148. The normalized spacial score (nSPS) is 17.0. The van der Waals surface area contributed by atoms with Gasteiger partial charge in [-0.25, -0.2) is 0 Å². The second-order valence-electron chi connectivity index (χ2n) is 7.43. The van der Waals surface area contributed by atoms with Gasteiger partial charge in [0.1, 0.15) is 17.6 Å². The van der Waals surface area contributed by atoms with Gasteiger partial charge in [-0.15, -0.1) is 0 Å². The molecule has 3 aromatic rings. The molecule has 1 fully saturated rings. The van der Waals surface area contributed by atoms with E-state index in [0.29, 0.717) is 6.61 Å². The van der Waals surface area contributed by atoms with Crippen LogP contribution in [0.25, 0.3) is 11.3 Å². The van der Waals surface area contributed by atoms with Crippen LogP contribution < -0.4 is 9.47 Å². The smallest absolute Gasteiger partial charge is 0.123 e. The SMILES string of the molecule is COc1cccc(-c2nccnc2[C@H]2CN(Cc3ccc(C)cc3OC)CCO2)c1. The summed E-state index contributed by atoms with van der Waals surface area (Å²) in [6.07, 6.45) is 3.30. The van der Waals surface area contributed by atoms with E-state index in [1.54, 1.807) is 26.6 Å². The van der Waals surface area contributed by atoms with Crippen molar-refractivity contribution in [2.45, 2.75) is 19.6 Å². The fourth-order valence-electron chi connectivity index (χ4n) is 3.81. The molecule has 1 aromatic heterocycles. The van der Waals surface area contributed by atoms with Crippen LogP contribution >= 0.6 is 0 Å². The van der Waals surface area contributed by atoms with Gasteiger partial charge in [-0.05, 0) is 30.7 Å². The first-order valence-corrected chi connectivity index (χ1v) is 10.1. The Labute approximate surface area is 177 Å². The van der Waals surface area contributed by atoms with E-state index in [4.69, 9.17) is 14.2 Å². The number of ether oxygens (including phenoxy) is 3. The van der Waals surface area contributed by atoms with Gasteiger partial charge in [0.05, 0.1) is 32.2 Å². The van der Waals surface area contributed by atoms with E-state index >= 15 is 0 Å². The number of aromatic nitrogens is 2. The second-order valence-corrected chi connectivity index (χ2v) is 7.43. The Morgan fingerprint density at radius 1 is 1.07 bits per heavy atom. The molecule has 4 rings (SSSR count). The molecular formula is C24H27N3O3. The summed E-state index contributed by atoms with van der Waals surface area (Å²) < 4.78 is 17.1. The van der Waals surface area contributed by atoms with Crippen molar-refractivity contribution in [2.24, 2.45) is 0 Å². The summed E-state index contributed by atoms with van der Waals surface area (Å²) in [5, 5.41) is 0. The van der Waals surface area contributed by atoms with Gasteiger partial charge in [0.25, 0.3) is 0 Å². The van der Waals surface area contributed by atoms with Crippen molar-refractivity contribution in [1.29, 1.82) is 0 Å². The summed E-state index contributed by atoms with van der Waals surface area (Å²) in [6.45, 7) is 5.13. The van der Waals surface area contributed by atoms with Gasteiger partial charge in [-0.1, -0.05) is 24.3 Å². The maximum Gasteiger partial charge on any atom is 0.123 e. The number of hydrogen-bond donors (Lipinski definition) is 0. The van der Waals surface area contributed by atoms with Crippen LogP contribution in [0.1, 0.15) is 22.9 Å². The minimum Gasteiger partial charge on any atom is -0.497 e. The zero-order valence-corrected chi connectivity index (χ0v) is 17.7. The molecular weight excluding hydrogens is 378 g/mol. The Balaban J connectivity index is 1.57. The molecule has 6 heteroatoms. The van der Waals surface area contributed by atoms with E-state index in [-0.39, 0.29) is 6.10 Å². The van der Waals surface area contributed by atoms with E-state index in [2.05, 4.69) is 40.0 Å². The van der Waals surface area contributed by atoms with Crippen molar-refractivity contribution in [3.63, 3.8) is 0 Å². The van der Waals surface area contributed by atoms with Crippen LogP contribution in [-0.4, -0.2) is 48.8 Å². The molecule has 30 heavy (non-hydrogen) atoms. The van der Waals surface area contributed by atoms with Crippen molar-refractivity contribution in [3.05, 3.63) is 71.7 Å². The fraction of sp³-hybridized carbons (Fsp3) is 0.333. The highest BCUT2D eigenvalue weighted by Gasteiger charge is 2.27. The molecule has 0 unspecified atom stereocenters. The predicted octanol–water partition coefficient (Wildman–Crippen LogP) is 4.04. The maximum atomic E-state index is 6.12. The first kappa shape index (κ1) is 20.3. The molecule has 1 aliphatic rings. The lowest BCUT2D eigenvalue weighted by Crippen LogP contribution is -2.38. The molecule has 0 N–H and O–H groups in total. The third-order valence-corrected chi connectivity index (χ3v) is 5.36. The van der Waals surface area contributed by atoms with E-state index < -0.39 is 0 Å². The summed E-state index contributed by atoms with van der Waals surface area (Å²) in [6, 6.07) is 14.2. The van der Waals surface area contributed by atoms with E-state index in [1.165, 1.54) is 11.1 Å². The summed E-state index contributed by atoms with van der Waals surface area (Å²) >= 11 is 0. The highest BCUT2D eigenvalue weighted by atomic mass is 16.5. The van der Waals surface area contributed by atoms with Gasteiger partial charge in [-0.3, -0.25) is 14.9 Å². The largest absolute Gasteiger partial charge is 0.497 e. The summed E-state index contributed by atoms with van der Waals surface area (Å²) in [5.41, 5.74) is 5.02. The third-order valence-electron chi connectivity index (χ3n) is 5.36. The monoisotopic (exact) mass is 405 g/mol. The van der Waals surface area contributed by atoms with E-state index in [0.717, 1.165) is 48.1 Å². The van der Waals surface area contributed by atoms with E-state index in [1.807, 2.05) is 24.3 Å². The molecule has 6 nitrogen and oxygen atoms in total. The summed E-state index contributed by atoms with van der Waals surface area (Å²) in [7, 11) is 3.39. The van der Waals surface area contributed by atoms with Gasteiger partial charge in [0.15, 0.2) is 0 Å². The average Bonchev–Trinajstić information content (AvgIpc) is 2.80. The van der Waals surface area contributed by atoms with Crippen molar-refractivity contribution >= 4 is 0 Å². The predicted molar refractivity (Wildman–Crippen MR) is 116 cm³/mol. The topological polar surface area (TPSA) is 56.7 Å². The highest BCUT2D eigenvalue weighted by molar-refractivity contribution is 5.63. The molecule has 0 radical (unpaired) electrons. The van der Waals surface area contributed by atoms with E-state index in [9.17, 15) is 0 Å². The van der Waals surface area contributed by atoms with Gasteiger partial charge >= 0.3 is 0 Å². The molecule has 1 aliphatic heterocycles. The number of hydrogen-bond acceptors (Lipinski definition) is 6. The van der Waals surface area contributed by atoms with Gasteiger partial charge in [0, 0.05) is 43.2 Å². The van der Waals surface area contributed by atoms with Crippen LogP contribution in [0.4, 0.5) is 0 Å². The van der Waals surface area contributed by atoms with Crippen LogP contribution in [0.15, 0.2) is 54.9 Å². The zero-order valence-electron chi connectivity index (χ0n) is 17.7. The quantitative estimate of drug-likeness (QED) is 0.617. The Kier molecular flexibility index (Phi) is 6.26. The lowest BCUT2D eigenvalue weighted by atomic mass is 10.0. The second kappa shape index (κ2) is 9.24. The zero-order chi connectivity index (χ0) is 20.9. The molecule has 0 spiro atoms. The lowest BCUT2D eigenvalue weighted by molar-refractivity contribution is -0.0350. The van der Waals surface area contributed by atoms with Crippen molar-refractivity contribution < 1.29 is 14.2 Å². The van der Waals surface area contributed by atoms with Crippen molar-refractivity contribution in [1.82, 2.24) is 14.9 Å². The van der Waals surface area contributed by atoms with Crippen LogP contribution in [0.2, 0.25) is 0 Å². The fourth-order valence-corrected chi connectivity index (χ4v) is 3.81. The Bertz CT molecular complexity index is 1010. The highest BCUT2D eigenvalue weighted by Crippen LogP contribution is 2.31. The molecule has 0 bridgehead atoms. The molecule has 156 valence electrons. The van der Waals surface area contributed by atoms with Crippen LogP contribution in [0.5, 0.6) is 11.5 Å². The maximum absolute atomic E-state index is 6.12. The number of benzene rings is 2. The first-order valence-electron chi connectivity index (χ1n) is 10.1. The number of methoxy groups -OCH3 is 2. The first-order chi connectivity index (χ1) is 14.7. The van der Waals surface area contributed by atoms with Gasteiger partial charge in [0.2, 0.25) is 0 Å². The number of aryl methyl sites for hydroxylation is 1. The summed E-state index contributed by atoms with van der Waals surface area (Å²) in [4.78, 5) is 11.6. The average molecular weight is 405 g/mol. The number of nitrogens with zero attached hydrogens (tertiary/aromatic N) is 3. The lowest BCUT2D eigenvalue weighted by Gasteiger charge is -2.33. The van der Waals surface area contributed by atoms with Crippen molar-refractivity contribution in [3.8, 4) is 22.8 Å². The molecule has 0 aliphatic carbocycles. The van der Waals surface area contributed by atoms with Gasteiger partial charge in [-0.2, -0.15) is 0 Å². The van der Waals surface area contributed by atoms with Crippen LogP contribution in [-0.2, 0) is 11.3 Å². The molecule has 1 atom stereocenters. The Morgan fingerprint density at radius 2 is 1.93 bits per heavy atom. The summed E-state index contributed by atoms with van der Waals surface area (Å²) in [5.74, 6) is 1.72. The molecule has 2 aromatic carbocycles. The minimum atomic E-state index is -0.148.